The minimum atomic E-state index is -3.05. The molecule has 1 atom stereocenters. The summed E-state index contributed by atoms with van der Waals surface area (Å²) in [5, 5.41) is 8.95. The number of amides is 1. The second kappa shape index (κ2) is 6.49. The first-order chi connectivity index (χ1) is 10.3. The van der Waals surface area contributed by atoms with Gasteiger partial charge in [0.15, 0.2) is 9.84 Å². The molecule has 0 spiro atoms. The van der Waals surface area contributed by atoms with Crippen molar-refractivity contribution >= 4 is 15.7 Å². The van der Waals surface area contributed by atoms with E-state index in [-0.39, 0.29) is 29.4 Å². The van der Waals surface area contributed by atoms with Gasteiger partial charge in [0, 0.05) is 18.2 Å². The summed E-state index contributed by atoms with van der Waals surface area (Å²) in [5.41, 5.74) is 0.860. The Morgan fingerprint density at radius 1 is 1.45 bits per heavy atom. The van der Waals surface area contributed by atoms with Crippen LogP contribution in [-0.2, 0) is 9.84 Å². The van der Waals surface area contributed by atoms with Gasteiger partial charge in [-0.3, -0.25) is 4.79 Å². The van der Waals surface area contributed by atoms with Crippen molar-refractivity contribution in [2.24, 2.45) is 5.92 Å². The van der Waals surface area contributed by atoms with Gasteiger partial charge in [-0.1, -0.05) is 19.9 Å². The number of hydrogen-bond donors (Lipinski definition) is 0. The first-order valence-corrected chi connectivity index (χ1v) is 9.16. The lowest BCUT2D eigenvalue weighted by Crippen LogP contribution is -2.43. The average Bonchev–Trinajstić information content (AvgIpc) is 2.84. The second-order valence-corrected chi connectivity index (χ2v) is 8.33. The highest BCUT2D eigenvalue weighted by atomic mass is 32.2. The van der Waals surface area contributed by atoms with Crippen molar-refractivity contribution in [1.82, 2.24) is 4.90 Å². The summed E-state index contributed by atoms with van der Waals surface area (Å²) in [6.07, 6.45) is 0.485. The highest BCUT2D eigenvalue weighted by Crippen LogP contribution is 2.21. The van der Waals surface area contributed by atoms with Gasteiger partial charge < -0.3 is 4.90 Å². The third-order valence-corrected chi connectivity index (χ3v) is 5.46. The summed E-state index contributed by atoms with van der Waals surface area (Å²) in [6.45, 7) is 4.50. The Labute approximate surface area is 131 Å². The van der Waals surface area contributed by atoms with Crippen molar-refractivity contribution in [1.29, 1.82) is 5.26 Å². The van der Waals surface area contributed by atoms with Gasteiger partial charge in [-0.2, -0.15) is 5.26 Å². The van der Waals surface area contributed by atoms with Gasteiger partial charge in [-0.25, -0.2) is 8.42 Å². The number of nitrogens with zero attached hydrogens (tertiary/aromatic N) is 2. The molecule has 22 heavy (non-hydrogen) atoms. The zero-order valence-corrected chi connectivity index (χ0v) is 13.6. The van der Waals surface area contributed by atoms with Crippen molar-refractivity contribution in [2.75, 3.05) is 18.1 Å². The monoisotopic (exact) mass is 320 g/mol. The van der Waals surface area contributed by atoms with E-state index in [0.29, 0.717) is 24.1 Å². The van der Waals surface area contributed by atoms with Crippen LogP contribution in [0.4, 0.5) is 0 Å². The smallest absolute Gasteiger partial charge is 0.254 e. The summed E-state index contributed by atoms with van der Waals surface area (Å²) in [4.78, 5) is 14.4. The molecule has 0 saturated carbocycles. The van der Waals surface area contributed by atoms with E-state index < -0.39 is 9.84 Å². The normalized spacial score (nSPS) is 19.8. The molecular weight excluding hydrogens is 300 g/mol. The fraction of sp³-hybridized carbons (Fsp3) is 0.500. The fourth-order valence-electron chi connectivity index (χ4n) is 2.70. The first kappa shape index (κ1) is 16.5. The van der Waals surface area contributed by atoms with Crippen LogP contribution in [0.5, 0.6) is 0 Å². The molecule has 1 aromatic rings. The third kappa shape index (κ3) is 3.86. The molecule has 0 bridgehead atoms. The van der Waals surface area contributed by atoms with E-state index in [0.717, 1.165) is 0 Å². The lowest BCUT2D eigenvalue weighted by molar-refractivity contribution is 0.0672. The number of hydrogen-bond acceptors (Lipinski definition) is 4. The lowest BCUT2D eigenvalue weighted by Gasteiger charge is -2.30. The SMILES string of the molecule is CC(C)CN(C(=O)c1cccc(C#N)c1)[C@H]1CCS(=O)(=O)C1. The Morgan fingerprint density at radius 3 is 2.73 bits per heavy atom. The van der Waals surface area contributed by atoms with Gasteiger partial charge in [-0.05, 0) is 30.5 Å². The third-order valence-electron chi connectivity index (χ3n) is 3.71. The van der Waals surface area contributed by atoms with Gasteiger partial charge in [0.25, 0.3) is 5.91 Å². The van der Waals surface area contributed by atoms with Crippen LogP contribution in [0, 0.1) is 17.2 Å². The van der Waals surface area contributed by atoms with Crippen LogP contribution in [0.25, 0.3) is 0 Å². The molecule has 1 fully saturated rings. The summed E-state index contributed by atoms with van der Waals surface area (Å²) < 4.78 is 23.4. The molecule has 5 nitrogen and oxygen atoms in total. The molecule has 0 unspecified atom stereocenters. The Bertz CT molecular complexity index is 704. The van der Waals surface area contributed by atoms with E-state index in [1.165, 1.54) is 0 Å². The van der Waals surface area contributed by atoms with Gasteiger partial charge in [0.1, 0.15) is 0 Å². The molecule has 0 aliphatic carbocycles. The maximum atomic E-state index is 12.8. The zero-order valence-electron chi connectivity index (χ0n) is 12.8. The molecule has 0 radical (unpaired) electrons. The highest BCUT2D eigenvalue weighted by Gasteiger charge is 2.35. The number of sulfone groups is 1. The maximum Gasteiger partial charge on any atom is 0.254 e. The van der Waals surface area contributed by atoms with Crippen LogP contribution in [0.3, 0.4) is 0 Å². The standard InChI is InChI=1S/C16H20N2O3S/c1-12(2)10-18(15-6-7-22(20,21)11-15)16(19)14-5-3-4-13(8-14)9-17/h3-5,8,12,15H,6-7,10-11H2,1-2H3/t15-/m0/s1. The topological polar surface area (TPSA) is 78.2 Å². The molecule has 1 aromatic carbocycles. The lowest BCUT2D eigenvalue weighted by atomic mass is 10.1. The van der Waals surface area contributed by atoms with Crippen molar-refractivity contribution in [3.05, 3.63) is 35.4 Å². The van der Waals surface area contributed by atoms with Crippen LogP contribution in [0.15, 0.2) is 24.3 Å². The molecule has 1 aliphatic heterocycles. The number of nitriles is 1. The Hall–Kier alpha value is -1.87. The molecule has 118 valence electrons. The van der Waals surface area contributed by atoms with Crippen molar-refractivity contribution < 1.29 is 13.2 Å². The van der Waals surface area contributed by atoms with Crippen LogP contribution in [0.2, 0.25) is 0 Å². The van der Waals surface area contributed by atoms with E-state index >= 15 is 0 Å². The van der Waals surface area contributed by atoms with Crippen molar-refractivity contribution in [3.8, 4) is 6.07 Å². The van der Waals surface area contributed by atoms with Crippen LogP contribution < -0.4 is 0 Å². The Kier molecular flexibility index (Phi) is 4.87. The number of benzene rings is 1. The summed E-state index contributed by atoms with van der Waals surface area (Å²) in [7, 11) is -3.05. The molecule has 1 aliphatic rings. The van der Waals surface area contributed by atoms with Crippen molar-refractivity contribution in [3.63, 3.8) is 0 Å². The molecule has 0 aromatic heterocycles. The first-order valence-electron chi connectivity index (χ1n) is 7.34. The van der Waals surface area contributed by atoms with E-state index in [1.54, 1.807) is 29.2 Å². The molecule has 1 amide bonds. The second-order valence-electron chi connectivity index (χ2n) is 6.10. The van der Waals surface area contributed by atoms with Crippen LogP contribution >= 0.6 is 0 Å². The van der Waals surface area contributed by atoms with Crippen LogP contribution in [0.1, 0.15) is 36.2 Å². The number of carbonyl (C=O) groups is 1. The zero-order chi connectivity index (χ0) is 16.3. The minimum Gasteiger partial charge on any atom is -0.334 e. The van der Waals surface area contributed by atoms with Gasteiger partial charge >= 0.3 is 0 Å². The quantitative estimate of drug-likeness (QED) is 0.848. The Morgan fingerprint density at radius 2 is 2.18 bits per heavy atom. The van der Waals surface area contributed by atoms with Gasteiger partial charge in [-0.15, -0.1) is 0 Å². The van der Waals surface area contributed by atoms with E-state index in [9.17, 15) is 13.2 Å². The molecule has 1 saturated heterocycles. The summed E-state index contributed by atoms with van der Waals surface area (Å²) in [5.74, 6) is 0.209. The molecule has 2 rings (SSSR count). The summed E-state index contributed by atoms with van der Waals surface area (Å²) in [6, 6.07) is 8.28. The molecular formula is C16H20N2O3S. The molecule has 0 N–H and O–H groups in total. The van der Waals surface area contributed by atoms with E-state index in [2.05, 4.69) is 0 Å². The van der Waals surface area contributed by atoms with Gasteiger partial charge in [0.2, 0.25) is 0 Å². The van der Waals surface area contributed by atoms with Crippen molar-refractivity contribution in [2.45, 2.75) is 26.3 Å². The maximum absolute atomic E-state index is 12.8. The number of carbonyl (C=O) groups excluding carboxylic acids is 1. The predicted molar refractivity (Wildman–Crippen MR) is 84.1 cm³/mol. The highest BCUT2D eigenvalue weighted by molar-refractivity contribution is 7.91. The largest absolute Gasteiger partial charge is 0.334 e. The summed E-state index contributed by atoms with van der Waals surface area (Å²) >= 11 is 0. The Balaban J connectivity index is 2.29. The fourth-order valence-corrected chi connectivity index (χ4v) is 4.43. The average molecular weight is 320 g/mol. The van der Waals surface area contributed by atoms with E-state index in [4.69, 9.17) is 5.26 Å². The van der Waals surface area contributed by atoms with Gasteiger partial charge in [0.05, 0.1) is 23.1 Å². The number of rotatable bonds is 4. The minimum absolute atomic E-state index is 0.0312. The van der Waals surface area contributed by atoms with Crippen LogP contribution in [-0.4, -0.2) is 43.3 Å². The van der Waals surface area contributed by atoms with E-state index in [1.807, 2.05) is 19.9 Å². The molecule has 6 heteroatoms. The molecule has 1 heterocycles. The predicted octanol–water partition coefficient (Wildman–Crippen LogP) is 1.84.